The van der Waals surface area contributed by atoms with Crippen molar-refractivity contribution in [2.45, 2.75) is 17.5 Å². The van der Waals surface area contributed by atoms with E-state index >= 15 is 0 Å². The number of nitrogens with zero attached hydrogens (tertiary/aromatic N) is 1. The Kier molecular flexibility index (Phi) is 3.67. The maximum Gasteiger partial charge on any atom is 0.254 e. The summed E-state index contributed by atoms with van der Waals surface area (Å²) in [5, 5.41) is -0.405. The predicted octanol–water partition coefficient (Wildman–Crippen LogP) is 0.770. The van der Waals surface area contributed by atoms with Crippen molar-refractivity contribution in [2.24, 2.45) is 0 Å². The van der Waals surface area contributed by atoms with E-state index in [-0.39, 0.29) is 11.4 Å². The van der Waals surface area contributed by atoms with Crippen molar-refractivity contribution in [3.8, 4) is 0 Å². The van der Waals surface area contributed by atoms with E-state index in [9.17, 15) is 13.2 Å². The van der Waals surface area contributed by atoms with Crippen molar-refractivity contribution >= 4 is 25.8 Å². The minimum atomic E-state index is -3.24. The first kappa shape index (κ1) is 12.4. The topological polar surface area (TPSA) is 79.9 Å². The van der Waals surface area contributed by atoms with E-state index in [1.54, 1.807) is 0 Å². The van der Waals surface area contributed by atoms with Gasteiger partial charge in [-0.3, -0.25) is 4.79 Å². The zero-order valence-electron chi connectivity index (χ0n) is 8.32. The van der Waals surface area contributed by atoms with Gasteiger partial charge in [0.25, 0.3) is 5.56 Å². The molecular weight excluding hydrogens is 284 g/mol. The molecule has 15 heavy (non-hydrogen) atoms. The first-order valence-electron chi connectivity index (χ1n) is 4.19. The van der Waals surface area contributed by atoms with Crippen LogP contribution in [0.25, 0.3) is 0 Å². The number of aromatic amines is 1. The number of H-pyrrole nitrogens is 1. The molecule has 0 aromatic carbocycles. The third kappa shape index (κ3) is 2.88. The van der Waals surface area contributed by atoms with Crippen LogP contribution in [0.5, 0.6) is 0 Å². The molecule has 1 unspecified atom stereocenters. The second-order valence-electron chi connectivity index (χ2n) is 3.23. The lowest BCUT2D eigenvalue weighted by molar-refractivity contribution is 0.588. The average Bonchev–Trinajstić information content (AvgIpc) is 2.15. The SMILES string of the molecule is CC(c1ncc(CBr)c(=O)[nH]1)S(C)(=O)=O. The molecule has 0 saturated heterocycles. The predicted molar refractivity (Wildman–Crippen MR) is 60.7 cm³/mol. The number of hydrogen-bond donors (Lipinski definition) is 1. The van der Waals surface area contributed by atoms with Gasteiger partial charge >= 0.3 is 0 Å². The Morgan fingerprint density at radius 3 is 2.60 bits per heavy atom. The number of nitrogens with one attached hydrogen (secondary N) is 1. The number of aromatic nitrogens is 2. The van der Waals surface area contributed by atoms with Crippen LogP contribution in [0.3, 0.4) is 0 Å². The first-order chi connectivity index (χ1) is 6.86. The highest BCUT2D eigenvalue weighted by Crippen LogP contribution is 2.15. The summed E-state index contributed by atoms with van der Waals surface area (Å²) in [6.45, 7) is 1.49. The average molecular weight is 295 g/mol. The molecule has 0 radical (unpaired) electrons. The van der Waals surface area contributed by atoms with Crippen molar-refractivity contribution in [3.05, 3.63) is 27.9 Å². The molecule has 0 aliphatic carbocycles. The highest BCUT2D eigenvalue weighted by Gasteiger charge is 2.19. The molecule has 1 aromatic heterocycles. The Morgan fingerprint density at radius 2 is 2.20 bits per heavy atom. The second kappa shape index (κ2) is 4.44. The Bertz CT molecular complexity index is 509. The smallest absolute Gasteiger partial charge is 0.254 e. The molecule has 0 aliphatic heterocycles. The molecule has 1 aromatic rings. The Labute approximate surface area is 96.0 Å². The molecule has 0 saturated carbocycles. The zero-order valence-corrected chi connectivity index (χ0v) is 10.7. The summed E-state index contributed by atoms with van der Waals surface area (Å²) in [7, 11) is -3.24. The molecular formula is C8H11BrN2O3S. The van der Waals surface area contributed by atoms with E-state index in [0.717, 1.165) is 6.26 Å². The highest BCUT2D eigenvalue weighted by atomic mass is 79.9. The summed E-state index contributed by atoms with van der Waals surface area (Å²) in [6, 6.07) is 0. The lowest BCUT2D eigenvalue weighted by Crippen LogP contribution is -2.19. The van der Waals surface area contributed by atoms with E-state index < -0.39 is 15.1 Å². The van der Waals surface area contributed by atoms with Gasteiger partial charge in [0, 0.05) is 23.3 Å². The Morgan fingerprint density at radius 1 is 1.60 bits per heavy atom. The maximum absolute atomic E-state index is 11.4. The van der Waals surface area contributed by atoms with E-state index in [1.807, 2.05) is 0 Å². The van der Waals surface area contributed by atoms with Crippen molar-refractivity contribution in [2.75, 3.05) is 6.26 Å². The van der Waals surface area contributed by atoms with Crippen LogP contribution in [0, 0.1) is 0 Å². The minimum Gasteiger partial charge on any atom is -0.309 e. The molecule has 1 N–H and O–H groups in total. The lowest BCUT2D eigenvalue weighted by atomic mass is 10.3. The van der Waals surface area contributed by atoms with Gasteiger partial charge in [-0.1, -0.05) is 15.9 Å². The molecule has 84 valence electrons. The molecule has 0 amide bonds. The van der Waals surface area contributed by atoms with Crippen molar-refractivity contribution in [1.82, 2.24) is 9.97 Å². The first-order valence-corrected chi connectivity index (χ1v) is 7.26. The number of rotatable bonds is 3. The van der Waals surface area contributed by atoms with Gasteiger partial charge in [-0.15, -0.1) is 0 Å². The standard InChI is InChI=1S/C8H11BrN2O3S/c1-5(15(2,13)14)7-10-4-6(3-9)8(12)11-7/h4-5H,3H2,1-2H3,(H,10,11,12). The van der Waals surface area contributed by atoms with Gasteiger partial charge < -0.3 is 4.98 Å². The molecule has 5 nitrogen and oxygen atoms in total. The summed E-state index contributed by atoms with van der Waals surface area (Å²) in [5.41, 5.74) is 0.159. The molecule has 1 atom stereocenters. The van der Waals surface area contributed by atoms with Crippen LogP contribution in [0.2, 0.25) is 0 Å². The van der Waals surface area contributed by atoms with E-state index in [0.29, 0.717) is 10.9 Å². The Balaban J connectivity index is 3.20. The van der Waals surface area contributed by atoms with E-state index in [2.05, 4.69) is 25.9 Å². The summed E-state index contributed by atoms with van der Waals surface area (Å²) in [6.07, 6.45) is 2.49. The van der Waals surface area contributed by atoms with Gasteiger partial charge in [0.1, 0.15) is 11.1 Å². The number of halogens is 1. The third-order valence-electron chi connectivity index (χ3n) is 2.06. The number of alkyl halides is 1. The fourth-order valence-corrected chi connectivity index (χ4v) is 1.86. The minimum absolute atomic E-state index is 0.173. The van der Waals surface area contributed by atoms with Crippen LogP contribution in [0.4, 0.5) is 0 Å². The molecule has 1 rings (SSSR count). The maximum atomic E-state index is 11.4. The molecule has 7 heteroatoms. The third-order valence-corrected chi connectivity index (χ3v) is 4.18. The van der Waals surface area contributed by atoms with Crippen LogP contribution in [-0.4, -0.2) is 24.6 Å². The largest absolute Gasteiger partial charge is 0.309 e. The summed E-state index contributed by atoms with van der Waals surface area (Å²) < 4.78 is 22.5. The van der Waals surface area contributed by atoms with Crippen molar-refractivity contribution < 1.29 is 8.42 Å². The molecule has 0 spiro atoms. The quantitative estimate of drug-likeness (QED) is 0.835. The van der Waals surface area contributed by atoms with E-state index in [1.165, 1.54) is 13.1 Å². The van der Waals surface area contributed by atoms with Gasteiger partial charge in [-0.2, -0.15) is 0 Å². The van der Waals surface area contributed by atoms with Crippen LogP contribution in [0.1, 0.15) is 23.6 Å². The summed E-state index contributed by atoms with van der Waals surface area (Å²) >= 11 is 3.13. The lowest BCUT2D eigenvalue weighted by Gasteiger charge is -2.08. The summed E-state index contributed by atoms with van der Waals surface area (Å²) in [4.78, 5) is 17.8. The van der Waals surface area contributed by atoms with Gasteiger partial charge in [-0.05, 0) is 6.92 Å². The van der Waals surface area contributed by atoms with Gasteiger partial charge in [0.15, 0.2) is 9.84 Å². The monoisotopic (exact) mass is 294 g/mol. The fraction of sp³-hybridized carbons (Fsp3) is 0.500. The molecule has 0 fully saturated rings. The summed E-state index contributed by atoms with van der Waals surface area (Å²) in [5.74, 6) is 0.173. The molecule has 0 bridgehead atoms. The van der Waals surface area contributed by atoms with Gasteiger partial charge in [0.05, 0.1) is 0 Å². The van der Waals surface area contributed by atoms with Crippen molar-refractivity contribution in [3.63, 3.8) is 0 Å². The van der Waals surface area contributed by atoms with Gasteiger partial charge in [-0.25, -0.2) is 13.4 Å². The fourth-order valence-electron chi connectivity index (χ4n) is 0.940. The zero-order chi connectivity index (χ0) is 11.6. The number of hydrogen-bond acceptors (Lipinski definition) is 4. The van der Waals surface area contributed by atoms with Crippen LogP contribution < -0.4 is 5.56 Å². The Hall–Kier alpha value is -0.690. The number of sulfone groups is 1. The van der Waals surface area contributed by atoms with Crippen molar-refractivity contribution in [1.29, 1.82) is 0 Å². The normalized spacial score (nSPS) is 13.8. The van der Waals surface area contributed by atoms with Crippen LogP contribution >= 0.6 is 15.9 Å². The highest BCUT2D eigenvalue weighted by molar-refractivity contribution is 9.08. The van der Waals surface area contributed by atoms with Crippen LogP contribution in [-0.2, 0) is 15.2 Å². The molecule has 1 heterocycles. The van der Waals surface area contributed by atoms with E-state index in [4.69, 9.17) is 0 Å². The van der Waals surface area contributed by atoms with Gasteiger partial charge in [0.2, 0.25) is 0 Å². The van der Waals surface area contributed by atoms with Crippen LogP contribution in [0.15, 0.2) is 11.0 Å². The molecule has 0 aliphatic rings. The second-order valence-corrected chi connectivity index (χ2v) is 6.16.